The van der Waals surface area contributed by atoms with E-state index >= 15 is 0 Å². The minimum absolute atomic E-state index is 0. The molecule has 0 bridgehead atoms. The second-order valence-corrected chi connectivity index (χ2v) is 10.00. The minimum Gasteiger partial charge on any atom is -0.357 e. The van der Waals surface area contributed by atoms with E-state index in [2.05, 4.69) is 16.0 Å². The molecule has 1 aromatic carbocycles. The molecule has 3 rings (SSSR count). The van der Waals surface area contributed by atoms with Gasteiger partial charge < -0.3 is 20.9 Å². The van der Waals surface area contributed by atoms with E-state index in [4.69, 9.17) is 4.99 Å². The van der Waals surface area contributed by atoms with Crippen LogP contribution in [0.2, 0.25) is 0 Å². The van der Waals surface area contributed by atoms with E-state index in [1.807, 2.05) is 56.9 Å². The van der Waals surface area contributed by atoms with Crippen molar-refractivity contribution in [1.29, 1.82) is 0 Å². The first-order valence-corrected chi connectivity index (χ1v) is 12.0. The maximum absolute atomic E-state index is 12.7. The fourth-order valence-corrected chi connectivity index (χ4v) is 4.42. The molecule has 1 heterocycles. The van der Waals surface area contributed by atoms with Gasteiger partial charge in [-0.3, -0.25) is 9.59 Å². The summed E-state index contributed by atoms with van der Waals surface area (Å²) in [5.41, 5.74) is 1.34. The number of likely N-dealkylation sites (tertiary alicyclic amines) is 1. The van der Waals surface area contributed by atoms with Gasteiger partial charge in [0.2, 0.25) is 5.91 Å². The Hall–Kier alpha value is -1.84. The molecule has 1 unspecified atom stereocenters. The monoisotopic (exact) mass is 569 g/mol. The van der Waals surface area contributed by atoms with E-state index in [0.29, 0.717) is 18.0 Å². The third-order valence-corrected chi connectivity index (χ3v) is 5.99. The van der Waals surface area contributed by atoms with Crippen LogP contribution in [0.3, 0.4) is 0 Å². The summed E-state index contributed by atoms with van der Waals surface area (Å²) in [7, 11) is 0. The van der Waals surface area contributed by atoms with Crippen LogP contribution in [0.5, 0.6) is 0 Å². The van der Waals surface area contributed by atoms with Gasteiger partial charge in [-0.2, -0.15) is 0 Å². The second-order valence-electron chi connectivity index (χ2n) is 10.00. The zero-order valence-corrected chi connectivity index (χ0v) is 22.8. The lowest BCUT2D eigenvalue weighted by molar-refractivity contribution is -0.134. The first-order chi connectivity index (χ1) is 15.2. The van der Waals surface area contributed by atoms with Crippen LogP contribution in [0.15, 0.2) is 29.3 Å². The Labute approximate surface area is 215 Å². The van der Waals surface area contributed by atoms with Crippen LogP contribution in [0.25, 0.3) is 0 Å². The van der Waals surface area contributed by atoms with Crippen molar-refractivity contribution >= 4 is 41.8 Å². The Morgan fingerprint density at radius 2 is 1.88 bits per heavy atom. The van der Waals surface area contributed by atoms with Crippen LogP contribution in [0.1, 0.15) is 75.7 Å². The van der Waals surface area contributed by atoms with E-state index in [9.17, 15) is 9.59 Å². The number of rotatable bonds is 6. The Bertz CT molecular complexity index is 830. The first kappa shape index (κ1) is 27.4. The topological polar surface area (TPSA) is 85.8 Å². The predicted molar refractivity (Wildman–Crippen MR) is 144 cm³/mol. The van der Waals surface area contributed by atoms with Crippen molar-refractivity contribution in [2.75, 3.05) is 19.6 Å². The predicted octanol–water partition coefficient (Wildman–Crippen LogP) is 3.68. The number of nitrogens with one attached hydrogen (secondary N) is 3. The van der Waals surface area contributed by atoms with Gasteiger partial charge in [-0.1, -0.05) is 25.0 Å². The zero-order chi connectivity index (χ0) is 23.1. The summed E-state index contributed by atoms with van der Waals surface area (Å²) in [4.78, 5) is 31.9. The number of carbonyl (C=O) groups is 2. The number of guanidine groups is 1. The third kappa shape index (κ3) is 8.46. The summed E-state index contributed by atoms with van der Waals surface area (Å²) >= 11 is 0. The van der Waals surface area contributed by atoms with Gasteiger partial charge >= 0.3 is 0 Å². The molecular formula is C25H40IN5O2. The van der Waals surface area contributed by atoms with Gasteiger partial charge in [0.1, 0.15) is 0 Å². The average molecular weight is 570 g/mol. The normalized spacial score (nSPS) is 19.2. The maximum atomic E-state index is 12.7. The molecule has 0 aromatic heterocycles. The molecular weight excluding hydrogens is 529 g/mol. The van der Waals surface area contributed by atoms with Crippen molar-refractivity contribution in [3.8, 4) is 0 Å². The van der Waals surface area contributed by atoms with Crippen molar-refractivity contribution in [3.63, 3.8) is 0 Å². The molecule has 2 fully saturated rings. The van der Waals surface area contributed by atoms with Crippen LogP contribution in [-0.2, 0) is 11.3 Å². The highest BCUT2D eigenvalue weighted by Crippen LogP contribution is 2.27. The van der Waals surface area contributed by atoms with Crippen molar-refractivity contribution in [2.45, 2.75) is 77.9 Å². The number of benzene rings is 1. The van der Waals surface area contributed by atoms with Crippen molar-refractivity contribution in [2.24, 2.45) is 10.9 Å². The molecule has 1 aromatic rings. The summed E-state index contributed by atoms with van der Waals surface area (Å²) in [5, 5.41) is 9.80. The van der Waals surface area contributed by atoms with Gasteiger partial charge in [-0.15, -0.1) is 24.0 Å². The zero-order valence-electron chi connectivity index (χ0n) is 20.4. The summed E-state index contributed by atoms with van der Waals surface area (Å²) < 4.78 is 0. The van der Waals surface area contributed by atoms with Crippen LogP contribution >= 0.6 is 24.0 Å². The van der Waals surface area contributed by atoms with E-state index in [1.165, 1.54) is 12.8 Å². The van der Waals surface area contributed by atoms with E-state index < -0.39 is 0 Å². The molecule has 7 nitrogen and oxygen atoms in total. The number of aliphatic imine (C=N–C) groups is 1. The number of carbonyl (C=O) groups excluding carboxylic acids is 2. The number of nitrogens with zero attached hydrogens (tertiary/aromatic N) is 2. The summed E-state index contributed by atoms with van der Waals surface area (Å²) in [5.74, 6) is 1.24. The lowest BCUT2D eigenvalue weighted by atomic mass is 10.1. The molecule has 3 N–H and O–H groups in total. The van der Waals surface area contributed by atoms with Crippen molar-refractivity contribution in [1.82, 2.24) is 20.9 Å². The SMILES string of the molecule is CCNC(=NCc1cccc(C(=O)NC(C)(C)C)c1)NC1CCN(C(=O)C2CCCC2)C1.I. The molecule has 1 atom stereocenters. The Balaban J connectivity index is 0.00000385. The highest BCUT2D eigenvalue weighted by molar-refractivity contribution is 14.0. The Morgan fingerprint density at radius 3 is 2.55 bits per heavy atom. The number of halogens is 1. The van der Waals surface area contributed by atoms with Gasteiger partial charge in [-0.05, 0) is 64.7 Å². The van der Waals surface area contributed by atoms with Gasteiger partial charge in [0.15, 0.2) is 5.96 Å². The fourth-order valence-electron chi connectivity index (χ4n) is 4.42. The lowest BCUT2D eigenvalue weighted by Crippen LogP contribution is -2.45. The molecule has 0 spiro atoms. The molecule has 2 aliphatic rings. The van der Waals surface area contributed by atoms with Crippen molar-refractivity contribution < 1.29 is 9.59 Å². The van der Waals surface area contributed by atoms with Gasteiger partial charge in [0, 0.05) is 42.7 Å². The molecule has 0 radical (unpaired) electrons. The van der Waals surface area contributed by atoms with Crippen LogP contribution < -0.4 is 16.0 Å². The van der Waals surface area contributed by atoms with Crippen molar-refractivity contribution in [3.05, 3.63) is 35.4 Å². The lowest BCUT2D eigenvalue weighted by Gasteiger charge is -2.21. The summed E-state index contributed by atoms with van der Waals surface area (Å²) in [6.45, 7) is 10.7. The number of hydrogen-bond acceptors (Lipinski definition) is 3. The standard InChI is InChI=1S/C25H39N5O2.HI/c1-5-26-24(28-21-13-14-30(17-21)23(32)19-10-6-7-11-19)27-16-18-9-8-12-20(15-18)22(31)29-25(2,3)4;/h8-9,12,15,19,21H,5-7,10-11,13-14,16-17H2,1-4H3,(H,29,31)(H2,26,27,28);1H. The van der Waals surface area contributed by atoms with Crippen LogP contribution in [0, 0.1) is 5.92 Å². The number of amides is 2. The second kappa shape index (κ2) is 12.6. The molecule has 1 saturated carbocycles. The highest BCUT2D eigenvalue weighted by Gasteiger charge is 2.32. The Morgan fingerprint density at radius 1 is 1.15 bits per heavy atom. The molecule has 33 heavy (non-hydrogen) atoms. The molecule has 184 valence electrons. The maximum Gasteiger partial charge on any atom is 0.251 e. The third-order valence-electron chi connectivity index (χ3n) is 5.99. The Kier molecular flexibility index (Phi) is 10.4. The molecule has 1 saturated heterocycles. The average Bonchev–Trinajstić information content (AvgIpc) is 3.43. The number of hydrogen-bond donors (Lipinski definition) is 3. The highest BCUT2D eigenvalue weighted by atomic mass is 127. The van der Waals surface area contributed by atoms with E-state index in [1.54, 1.807) is 0 Å². The van der Waals surface area contributed by atoms with Crippen LogP contribution in [0.4, 0.5) is 0 Å². The largest absolute Gasteiger partial charge is 0.357 e. The van der Waals surface area contributed by atoms with Gasteiger partial charge in [-0.25, -0.2) is 4.99 Å². The molecule has 8 heteroatoms. The molecule has 1 aliphatic heterocycles. The molecule has 1 aliphatic carbocycles. The molecule has 2 amide bonds. The summed E-state index contributed by atoms with van der Waals surface area (Å²) in [6.07, 6.45) is 5.39. The van der Waals surface area contributed by atoms with Gasteiger partial charge in [0.25, 0.3) is 5.91 Å². The van der Waals surface area contributed by atoms with Gasteiger partial charge in [0.05, 0.1) is 6.54 Å². The summed E-state index contributed by atoms with van der Waals surface area (Å²) in [6, 6.07) is 7.81. The van der Waals surface area contributed by atoms with E-state index in [0.717, 1.165) is 50.4 Å². The smallest absolute Gasteiger partial charge is 0.251 e. The first-order valence-electron chi connectivity index (χ1n) is 12.0. The minimum atomic E-state index is -0.276. The fraction of sp³-hybridized carbons (Fsp3) is 0.640. The van der Waals surface area contributed by atoms with E-state index in [-0.39, 0.29) is 47.4 Å². The quantitative estimate of drug-likeness (QED) is 0.277. The van der Waals surface area contributed by atoms with Crippen LogP contribution in [-0.4, -0.2) is 53.9 Å².